The van der Waals surface area contributed by atoms with Gasteiger partial charge in [0, 0.05) is 5.70 Å². The molecule has 0 saturated carbocycles. The highest BCUT2D eigenvalue weighted by atomic mass is 19.3. The fraction of sp³-hybridized carbons (Fsp3) is 0.267. The predicted molar refractivity (Wildman–Crippen MR) is 79.6 cm³/mol. The molecule has 2 heterocycles. The summed E-state index contributed by atoms with van der Waals surface area (Å²) in [5.74, 6) is -0.0149. The average molecular weight is 336 g/mol. The number of ether oxygens (including phenoxy) is 2. The second-order valence-corrected chi connectivity index (χ2v) is 5.03. The first-order valence-electron chi connectivity index (χ1n) is 7.01. The number of nitrogens with one attached hydrogen (secondary N) is 1. The zero-order chi connectivity index (χ0) is 17.3. The molecule has 0 radical (unpaired) electrons. The van der Waals surface area contributed by atoms with Gasteiger partial charge in [-0.25, -0.2) is 9.48 Å². The van der Waals surface area contributed by atoms with Crippen molar-refractivity contribution in [3.8, 4) is 5.75 Å². The number of nitrogens with zero attached hydrogens (tertiary/aromatic N) is 3. The molecule has 0 unspecified atom stereocenters. The molecule has 1 aromatic heterocycles. The van der Waals surface area contributed by atoms with Gasteiger partial charge in [0.05, 0.1) is 12.7 Å². The summed E-state index contributed by atoms with van der Waals surface area (Å²) < 4.78 is 35.3. The van der Waals surface area contributed by atoms with Gasteiger partial charge in [-0.05, 0) is 24.6 Å². The lowest BCUT2D eigenvalue weighted by molar-refractivity contribution is -0.136. The maximum absolute atomic E-state index is 12.3. The van der Waals surface area contributed by atoms with Gasteiger partial charge in [-0.2, -0.15) is 18.9 Å². The first-order valence-corrected chi connectivity index (χ1v) is 7.01. The molecule has 1 atom stereocenters. The Balaban J connectivity index is 2.04. The fourth-order valence-electron chi connectivity index (χ4n) is 2.60. The SMILES string of the molecule is COC(=O)C1=C(C)Nc2ncnn2[C@@H]1c1ccc(OC(F)F)cc1. The number of rotatable bonds is 4. The van der Waals surface area contributed by atoms with E-state index in [0.717, 1.165) is 0 Å². The summed E-state index contributed by atoms with van der Waals surface area (Å²) in [5.41, 5.74) is 1.60. The number of hydrogen-bond donors (Lipinski definition) is 1. The summed E-state index contributed by atoms with van der Waals surface area (Å²) in [6, 6.07) is 5.41. The van der Waals surface area contributed by atoms with Crippen LogP contribution in [0.1, 0.15) is 18.5 Å². The highest BCUT2D eigenvalue weighted by Crippen LogP contribution is 2.35. The van der Waals surface area contributed by atoms with Crippen molar-refractivity contribution < 1.29 is 23.0 Å². The summed E-state index contributed by atoms with van der Waals surface area (Å²) in [4.78, 5) is 16.3. The minimum atomic E-state index is -2.90. The molecule has 1 aliphatic heterocycles. The second-order valence-electron chi connectivity index (χ2n) is 5.03. The molecule has 1 N–H and O–H groups in total. The summed E-state index contributed by atoms with van der Waals surface area (Å²) >= 11 is 0. The van der Waals surface area contributed by atoms with E-state index >= 15 is 0 Å². The molecule has 0 amide bonds. The molecule has 0 aliphatic carbocycles. The van der Waals surface area contributed by atoms with Crippen LogP contribution in [0.2, 0.25) is 0 Å². The fourth-order valence-corrected chi connectivity index (χ4v) is 2.60. The highest BCUT2D eigenvalue weighted by molar-refractivity contribution is 5.92. The van der Waals surface area contributed by atoms with Crippen LogP contribution < -0.4 is 10.1 Å². The van der Waals surface area contributed by atoms with Crippen LogP contribution in [-0.2, 0) is 9.53 Å². The molecule has 7 nitrogen and oxygen atoms in total. The van der Waals surface area contributed by atoms with Gasteiger partial charge in [0.2, 0.25) is 5.95 Å². The molecular weight excluding hydrogens is 322 g/mol. The van der Waals surface area contributed by atoms with Crippen LogP contribution >= 0.6 is 0 Å². The maximum atomic E-state index is 12.3. The number of fused-ring (bicyclic) bond motifs is 1. The van der Waals surface area contributed by atoms with Crippen LogP contribution in [0.15, 0.2) is 41.9 Å². The Morgan fingerprint density at radius 3 is 2.67 bits per heavy atom. The van der Waals surface area contributed by atoms with Gasteiger partial charge in [-0.3, -0.25) is 0 Å². The van der Waals surface area contributed by atoms with Crippen LogP contribution in [0.3, 0.4) is 0 Å². The van der Waals surface area contributed by atoms with E-state index in [1.165, 1.54) is 30.3 Å². The lowest BCUT2D eigenvalue weighted by Gasteiger charge is -2.27. The van der Waals surface area contributed by atoms with Gasteiger partial charge in [0.1, 0.15) is 18.1 Å². The maximum Gasteiger partial charge on any atom is 0.387 e. The Morgan fingerprint density at radius 1 is 1.33 bits per heavy atom. The predicted octanol–water partition coefficient (Wildman–Crippen LogP) is 2.34. The topological polar surface area (TPSA) is 78.3 Å². The summed E-state index contributed by atoms with van der Waals surface area (Å²) in [6.07, 6.45) is 1.36. The number of hydrogen-bond acceptors (Lipinski definition) is 6. The highest BCUT2D eigenvalue weighted by Gasteiger charge is 2.33. The van der Waals surface area contributed by atoms with Gasteiger partial charge < -0.3 is 14.8 Å². The summed E-state index contributed by atoms with van der Waals surface area (Å²) in [7, 11) is 1.29. The first-order chi connectivity index (χ1) is 11.5. The third kappa shape index (κ3) is 2.80. The van der Waals surface area contributed by atoms with E-state index in [1.807, 2.05) is 0 Å². The van der Waals surface area contributed by atoms with Crippen LogP contribution in [0.25, 0.3) is 0 Å². The Hall–Kier alpha value is -2.97. The van der Waals surface area contributed by atoms with Crippen molar-refractivity contribution in [1.82, 2.24) is 14.8 Å². The molecule has 0 bridgehead atoms. The van der Waals surface area contributed by atoms with Crippen molar-refractivity contribution >= 4 is 11.9 Å². The molecule has 2 aromatic rings. The van der Waals surface area contributed by atoms with Crippen LogP contribution in [0, 0.1) is 0 Å². The number of allylic oxidation sites excluding steroid dienone is 1. The number of halogens is 2. The molecule has 1 aliphatic rings. The smallest absolute Gasteiger partial charge is 0.387 e. The van der Waals surface area contributed by atoms with Gasteiger partial charge in [0.25, 0.3) is 0 Å². The standard InChI is InChI=1S/C15H14F2N4O3/c1-8-11(13(22)23-2)12(21-15(20-8)18-7-19-21)9-3-5-10(6-4-9)24-14(16)17/h3-7,12,14H,1-2H3,(H,18,19,20)/t12-/m1/s1. The van der Waals surface area contributed by atoms with E-state index in [2.05, 4.69) is 20.1 Å². The Morgan fingerprint density at radius 2 is 2.04 bits per heavy atom. The molecule has 0 spiro atoms. The average Bonchev–Trinajstić information content (AvgIpc) is 3.01. The van der Waals surface area contributed by atoms with Crippen LogP contribution in [-0.4, -0.2) is 34.5 Å². The molecule has 126 valence electrons. The Kier molecular flexibility index (Phi) is 4.15. The van der Waals surface area contributed by atoms with Gasteiger partial charge in [0.15, 0.2) is 0 Å². The third-order valence-corrected chi connectivity index (χ3v) is 3.62. The van der Waals surface area contributed by atoms with Crippen molar-refractivity contribution in [3.05, 3.63) is 47.4 Å². The van der Waals surface area contributed by atoms with Crippen LogP contribution in [0.4, 0.5) is 14.7 Å². The van der Waals surface area contributed by atoms with Gasteiger partial charge >= 0.3 is 12.6 Å². The number of aromatic nitrogens is 3. The van der Waals surface area contributed by atoms with E-state index in [9.17, 15) is 13.6 Å². The number of carbonyl (C=O) groups excluding carboxylic acids is 1. The molecule has 1 aromatic carbocycles. The van der Waals surface area contributed by atoms with Crippen molar-refractivity contribution in [2.45, 2.75) is 19.6 Å². The Bertz CT molecular complexity index is 786. The lowest BCUT2D eigenvalue weighted by Crippen LogP contribution is -2.29. The first kappa shape index (κ1) is 15.9. The minimum Gasteiger partial charge on any atom is -0.466 e. The molecule has 3 rings (SSSR count). The zero-order valence-corrected chi connectivity index (χ0v) is 12.9. The number of alkyl halides is 2. The lowest BCUT2D eigenvalue weighted by atomic mass is 9.96. The summed E-state index contributed by atoms with van der Waals surface area (Å²) in [6.45, 7) is -1.17. The largest absolute Gasteiger partial charge is 0.466 e. The zero-order valence-electron chi connectivity index (χ0n) is 12.9. The van der Waals surface area contributed by atoms with E-state index in [0.29, 0.717) is 22.8 Å². The monoisotopic (exact) mass is 336 g/mol. The van der Waals surface area contributed by atoms with Crippen molar-refractivity contribution in [2.75, 3.05) is 12.4 Å². The number of carbonyl (C=O) groups is 1. The van der Waals surface area contributed by atoms with Crippen molar-refractivity contribution in [3.63, 3.8) is 0 Å². The molecule has 9 heteroatoms. The summed E-state index contributed by atoms with van der Waals surface area (Å²) in [5, 5.41) is 7.12. The molecule has 0 saturated heterocycles. The third-order valence-electron chi connectivity index (χ3n) is 3.62. The minimum absolute atomic E-state index is 0.0295. The van der Waals surface area contributed by atoms with Gasteiger partial charge in [-0.15, -0.1) is 0 Å². The number of benzene rings is 1. The normalized spacial score (nSPS) is 16.6. The van der Waals surface area contributed by atoms with Crippen LogP contribution in [0.5, 0.6) is 5.75 Å². The van der Waals surface area contributed by atoms with Gasteiger partial charge in [-0.1, -0.05) is 12.1 Å². The molecule has 24 heavy (non-hydrogen) atoms. The van der Waals surface area contributed by atoms with E-state index in [-0.39, 0.29) is 5.75 Å². The molecule has 0 fully saturated rings. The quantitative estimate of drug-likeness (QED) is 0.864. The van der Waals surface area contributed by atoms with E-state index in [4.69, 9.17) is 4.74 Å². The second kappa shape index (κ2) is 6.26. The van der Waals surface area contributed by atoms with E-state index in [1.54, 1.807) is 19.1 Å². The van der Waals surface area contributed by atoms with Crippen molar-refractivity contribution in [1.29, 1.82) is 0 Å². The number of anilines is 1. The Labute approximate surface area is 135 Å². The van der Waals surface area contributed by atoms with Crippen molar-refractivity contribution in [2.24, 2.45) is 0 Å². The number of methoxy groups -OCH3 is 1. The number of esters is 1. The molecular formula is C15H14F2N4O3. The van der Waals surface area contributed by atoms with E-state index < -0.39 is 18.6 Å².